The molecular weight excluding hydrogens is 474 g/mol. The number of carbonyl (C=O) groups excluding carboxylic acids is 3. The lowest BCUT2D eigenvalue weighted by Gasteiger charge is -2.26. The Labute approximate surface area is 214 Å². The minimum absolute atomic E-state index is 0.125. The molecule has 1 N–H and O–H groups in total. The summed E-state index contributed by atoms with van der Waals surface area (Å²) in [6.07, 6.45) is 0. The summed E-state index contributed by atoms with van der Waals surface area (Å²) in [5, 5.41) is 11.6. The highest BCUT2D eigenvalue weighted by Gasteiger charge is 2.47. The first-order valence-corrected chi connectivity index (χ1v) is 11.7. The number of Topliss-reactive ketones (excluding diaryl/α,β-unsaturated/α-hetero) is 1. The van der Waals surface area contributed by atoms with Crippen LogP contribution in [-0.2, 0) is 14.3 Å². The van der Waals surface area contributed by atoms with Gasteiger partial charge in [-0.2, -0.15) is 0 Å². The second kappa shape index (κ2) is 10.6. The van der Waals surface area contributed by atoms with Gasteiger partial charge in [-0.1, -0.05) is 42.0 Å². The molecule has 4 rings (SSSR count). The number of rotatable bonds is 7. The average molecular weight is 502 g/mol. The first kappa shape index (κ1) is 25.5. The lowest BCUT2D eigenvalue weighted by Crippen LogP contribution is -2.29. The molecule has 1 fully saturated rings. The number of nitrogens with zero attached hydrogens (tertiary/aromatic N) is 1. The summed E-state index contributed by atoms with van der Waals surface area (Å²) < 4.78 is 16.0. The van der Waals surface area contributed by atoms with Gasteiger partial charge in [-0.3, -0.25) is 14.5 Å². The molecule has 0 aliphatic carbocycles. The molecular formula is C29H27NO7. The Morgan fingerprint density at radius 1 is 0.946 bits per heavy atom. The van der Waals surface area contributed by atoms with Gasteiger partial charge in [0.1, 0.15) is 22.8 Å². The zero-order valence-electron chi connectivity index (χ0n) is 21.0. The van der Waals surface area contributed by atoms with Crippen LogP contribution in [0.4, 0.5) is 5.69 Å². The maximum absolute atomic E-state index is 13.5. The SMILES string of the molecule is CCOC(=O)c1cccc(N2C(=O)C(=O)/C(=C(/O)c3c(OC)cccc3OC)C2c2cccc(C)c2)c1. The number of hydrogen-bond donors (Lipinski definition) is 1. The molecule has 8 heteroatoms. The van der Waals surface area contributed by atoms with Crippen LogP contribution < -0.4 is 14.4 Å². The van der Waals surface area contributed by atoms with Crippen LogP contribution in [-0.4, -0.2) is 43.6 Å². The number of carbonyl (C=O) groups is 3. The molecule has 1 aliphatic rings. The second-order valence-corrected chi connectivity index (χ2v) is 8.39. The van der Waals surface area contributed by atoms with Crippen molar-refractivity contribution in [2.75, 3.05) is 25.7 Å². The van der Waals surface area contributed by atoms with E-state index in [2.05, 4.69) is 0 Å². The Morgan fingerprint density at radius 3 is 2.22 bits per heavy atom. The largest absolute Gasteiger partial charge is 0.506 e. The van der Waals surface area contributed by atoms with E-state index >= 15 is 0 Å². The van der Waals surface area contributed by atoms with Gasteiger partial charge in [0.2, 0.25) is 0 Å². The minimum atomic E-state index is -0.980. The van der Waals surface area contributed by atoms with Gasteiger partial charge in [0.15, 0.2) is 0 Å². The Kier molecular flexibility index (Phi) is 7.29. The van der Waals surface area contributed by atoms with E-state index in [9.17, 15) is 19.5 Å². The van der Waals surface area contributed by atoms with E-state index in [1.165, 1.54) is 25.2 Å². The zero-order valence-corrected chi connectivity index (χ0v) is 21.0. The fraction of sp³-hybridized carbons (Fsp3) is 0.207. The van der Waals surface area contributed by atoms with Crippen molar-refractivity contribution in [3.8, 4) is 11.5 Å². The van der Waals surface area contributed by atoms with Gasteiger partial charge in [-0.15, -0.1) is 0 Å². The molecule has 0 bridgehead atoms. The van der Waals surface area contributed by atoms with Crippen molar-refractivity contribution in [2.24, 2.45) is 0 Å². The van der Waals surface area contributed by atoms with Crippen molar-refractivity contribution in [2.45, 2.75) is 19.9 Å². The van der Waals surface area contributed by atoms with E-state index in [1.54, 1.807) is 49.4 Å². The number of hydrogen-bond acceptors (Lipinski definition) is 7. The number of methoxy groups -OCH3 is 2. The second-order valence-electron chi connectivity index (χ2n) is 8.39. The fourth-order valence-electron chi connectivity index (χ4n) is 4.47. The Balaban J connectivity index is 1.98. The maximum atomic E-state index is 13.5. The maximum Gasteiger partial charge on any atom is 0.338 e. The smallest absolute Gasteiger partial charge is 0.338 e. The molecule has 3 aromatic carbocycles. The Morgan fingerprint density at radius 2 is 1.59 bits per heavy atom. The third-order valence-electron chi connectivity index (χ3n) is 6.10. The molecule has 3 aromatic rings. The Hall–Kier alpha value is -4.59. The number of amides is 1. The third kappa shape index (κ3) is 4.65. The van der Waals surface area contributed by atoms with Gasteiger partial charge < -0.3 is 19.3 Å². The average Bonchev–Trinajstić information content (AvgIpc) is 3.18. The molecule has 0 spiro atoms. The highest BCUT2D eigenvalue weighted by Crippen LogP contribution is 2.45. The molecule has 0 saturated carbocycles. The van der Waals surface area contributed by atoms with Crippen molar-refractivity contribution in [3.63, 3.8) is 0 Å². The predicted molar refractivity (Wildman–Crippen MR) is 138 cm³/mol. The molecule has 1 aliphatic heterocycles. The van der Waals surface area contributed by atoms with Crippen LogP contribution in [0.5, 0.6) is 11.5 Å². The van der Waals surface area contributed by atoms with Gasteiger partial charge >= 0.3 is 5.97 Å². The van der Waals surface area contributed by atoms with Crippen molar-refractivity contribution >= 4 is 29.1 Å². The Bertz CT molecular complexity index is 1390. The van der Waals surface area contributed by atoms with Gasteiger partial charge in [0.05, 0.1) is 38.0 Å². The summed E-state index contributed by atoms with van der Waals surface area (Å²) >= 11 is 0. The summed E-state index contributed by atoms with van der Waals surface area (Å²) in [5.41, 5.74) is 2.08. The minimum Gasteiger partial charge on any atom is -0.506 e. The summed E-state index contributed by atoms with van der Waals surface area (Å²) in [4.78, 5) is 40.7. The van der Waals surface area contributed by atoms with E-state index in [0.29, 0.717) is 11.3 Å². The topological polar surface area (TPSA) is 102 Å². The fourth-order valence-corrected chi connectivity index (χ4v) is 4.47. The highest BCUT2D eigenvalue weighted by molar-refractivity contribution is 6.51. The molecule has 190 valence electrons. The predicted octanol–water partition coefficient (Wildman–Crippen LogP) is 4.82. The van der Waals surface area contributed by atoms with Crippen LogP contribution in [0.1, 0.15) is 40.0 Å². The zero-order chi connectivity index (χ0) is 26.7. The number of aliphatic hydroxyl groups excluding tert-OH is 1. The number of aliphatic hydroxyl groups is 1. The lowest BCUT2D eigenvalue weighted by molar-refractivity contribution is -0.132. The molecule has 0 radical (unpaired) electrons. The molecule has 1 unspecified atom stereocenters. The van der Waals surface area contributed by atoms with E-state index < -0.39 is 29.5 Å². The number of ether oxygens (including phenoxy) is 3. The summed E-state index contributed by atoms with van der Waals surface area (Å²) in [7, 11) is 2.87. The van der Waals surface area contributed by atoms with Crippen molar-refractivity contribution in [1.82, 2.24) is 0 Å². The van der Waals surface area contributed by atoms with Crippen LogP contribution in [0.15, 0.2) is 72.3 Å². The summed E-state index contributed by atoms with van der Waals surface area (Å²) in [5.74, 6) is -2.15. The van der Waals surface area contributed by atoms with Gasteiger partial charge in [-0.25, -0.2) is 4.79 Å². The molecule has 8 nitrogen and oxygen atoms in total. The number of anilines is 1. The van der Waals surface area contributed by atoms with Crippen LogP contribution in [0.25, 0.3) is 5.76 Å². The molecule has 1 atom stereocenters. The number of esters is 1. The molecule has 1 heterocycles. The van der Waals surface area contributed by atoms with Gasteiger partial charge in [0.25, 0.3) is 11.7 Å². The standard InChI is InChI=1S/C29H27NO7/c1-5-37-29(34)19-11-7-12-20(16-19)30-25(18-10-6-9-17(2)15-18)24(27(32)28(30)33)26(31)23-21(35-3)13-8-14-22(23)36-4/h6-16,25,31H,5H2,1-4H3/b26-24+. The first-order valence-electron chi connectivity index (χ1n) is 11.7. The third-order valence-corrected chi connectivity index (χ3v) is 6.10. The van der Waals surface area contributed by atoms with Crippen LogP contribution in [0.2, 0.25) is 0 Å². The monoisotopic (exact) mass is 501 g/mol. The lowest BCUT2D eigenvalue weighted by atomic mass is 9.93. The summed E-state index contributed by atoms with van der Waals surface area (Å²) in [6.45, 7) is 3.78. The van der Waals surface area contributed by atoms with E-state index in [1.807, 2.05) is 25.1 Å². The van der Waals surface area contributed by atoms with Crippen molar-refractivity contribution in [1.29, 1.82) is 0 Å². The van der Waals surface area contributed by atoms with Gasteiger partial charge in [-0.05, 0) is 49.7 Å². The summed E-state index contributed by atoms with van der Waals surface area (Å²) in [6, 6.07) is 17.6. The molecule has 1 amide bonds. The quantitative estimate of drug-likeness (QED) is 0.214. The molecule has 37 heavy (non-hydrogen) atoms. The van der Waals surface area contributed by atoms with E-state index in [0.717, 1.165) is 5.56 Å². The molecule has 1 saturated heterocycles. The number of benzene rings is 3. The number of aryl methyl sites for hydroxylation is 1. The van der Waals surface area contributed by atoms with Gasteiger partial charge in [0, 0.05) is 5.69 Å². The van der Waals surface area contributed by atoms with Crippen LogP contribution in [0, 0.1) is 6.92 Å². The van der Waals surface area contributed by atoms with Crippen molar-refractivity contribution in [3.05, 3.63) is 94.6 Å². The van der Waals surface area contributed by atoms with E-state index in [-0.39, 0.29) is 34.8 Å². The van der Waals surface area contributed by atoms with Crippen molar-refractivity contribution < 1.29 is 33.7 Å². The normalized spacial score (nSPS) is 16.5. The first-order chi connectivity index (χ1) is 17.8. The van der Waals surface area contributed by atoms with E-state index in [4.69, 9.17) is 14.2 Å². The van der Waals surface area contributed by atoms with Crippen LogP contribution >= 0.6 is 0 Å². The number of ketones is 1. The highest BCUT2D eigenvalue weighted by atomic mass is 16.5. The van der Waals surface area contributed by atoms with Crippen LogP contribution in [0.3, 0.4) is 0 Å². The molecule has 0 aromatic heterocycles.